The van der Waals surface area contributed by atoms with E-state index in [1.165, 1.54) is 0 Å². The molecule has 4 nitrogen and oxygen atoms in total. The van der Waals surface area contributed by atoms with Gasteiger partial charge in [-0.05, 0) is 44.0 Å². The summed E-state index contributed by atoms with van der Waals surface area (Å²) in [4.78, 5) is 27.0. The lowest BCUT2D eigenvalue weighted by molar-refractivity contribution is -0.140. The fourth-order valence-corrected chi connectivity index (χ4v) is 3.30. The normalized spacial score (nSPS) is 11.7. The Labute approximate surface area is 170 Å². The van der Waals surface area contributed by atoms with Crippen molar-refractivity contribution in [1.29, 1.82) is 0 Å². The molecule has 0 radical (unpaired) electrons. The third-order valence-electron chi connectivity index (χ3n) is 4.31. The second-order valence-corrected chi connectivity index (χ2v) is 7.34. The van der Waals surface area contributed by atoms with Crippen LogP contribution < -0.4 is 5.32 Å². The average Bonchev–Trinajstić information content (AvgIpc) is 2.60. The van der Waals surface area contributed by atoms with Crippen molar-refractivity contribution >= 4 is 35.0 Å². The second-order valence-electron chi connectivity index (χ2n) is 6.49. The highest BCUT2D eigenvalue weighted by atomic mass is 35.5. The van der Waals surface area contributed by atoms with Crippen LogP contribution in [0.3, 0.4) is 0 Å². The number of rotatable bonds is 7. The third kappa shape index (κ3) is 5.98. The van der Waals surface area contributed by atoms with Crippen molar-refractivity contribution in [2.45, 2.75) is 39.8 Å². The number of carbonyl (C=O) groups is 2. The minimum atomic E-state index is -0.617. The van der Waals surface area contributed by atoms with Crippen molar-refractivity contribution in [2.75, 3.05) is 6.54 Å². The summed E-state index contributed by atoms with van der Waals surface area (Å²) in [6.45, 7) is 6.29. The fraction of sp³-hybridized carbons (Fsp3) is 0.333. The predicted octanol–water partition coefficient (Wildman–Crippen LogP) is 4.40. The Hall–Kier alpha value is -2.04. The Morgan fingerprint density at radius 1 is 1.15 bits per heavy atom. The van der Waals surface area contributed by atoms with E-state index in [0.29, 0.717) is 16.6 Å². The maximum atomic E-state index is 13.0. The lowest BCUT2D eigenvalue weighted by atomic mass is 10.1. The van der Waals surface area contributed by atoms with Crippen LogP contribution >= 0.6 is 23.2 Å². The molecule has 2 rings (SSSR count). The maximum Gasteiger partial charge on any atom is 0.242 e. The highest BCUT2D eigenvalue weighted by Crippen LogP contribution is 2.23. The Balaban J connectivity index is 2.27. The summed E-state index contributed by atoms with van der Waals surface area (Å²) in [6, 6.07) is 12.3. The summed E-state index contributed by atoms with van der Waals surface area (Å²) in [7, 11) is 0. The monoisotopic (exact) mass is 406 g/mol. The Kier molecular flexibility index (Phi) is 7.69. The smallest absolute Gasteiger partial charge is 0.242 e. The van der Waals surface area contributed by atoms with E-state index in [9.17, 15) is 9.59 Å². The zero-order valence-electron chi connectivity index (χ0n) is 15.8. The Morgan fingerprint density at radius 2 is 1.89 bits per heavy atom. The van der Waals surface area contributed by atoms with Gasteiger partial charge in [0.1, 0.15) is 6.04 Å². The molecule has 0 spiro atoms. The summed E-state index contributed by atoms with van der Waals surface area (Å²) in [5, 5.41) is 3.77. The van der Waals surface area contributed by atoms with Gasteiger partial charge in [-0.2, -0.15) is 0 Å². The third-order valence-corrected chi connectivity index (χ3v) is 4.90. The van der Waals surface area contributed by atoms with Crippen LogP contribution in [0.2, 0.25) is 10.0 Å². The van der Waals surface area contributed by atoms with Crippen LogP contribution in [0.25, 0.3) is 0 Å². The minimum absolute atomic E-state index is 0.134. The van der Waals surface area contributed by atoms with E-state index >= 15 is 0 Å². The minimum Gasteiger partial charge on any atom is -0.355 e. The first-order valence-corrected chi connectivity index (χ1v) is 9.64. The molecule has 0 bridgehead atoms. The van der Waals surface area contributed by atoms with Gasteiger partial charge in [0.25, 0.3) is 0 Å². The molecule has 0 aliphatic heterocycles. The number of amides is 2. The molecular formula is C21H24Cl2N2O2. The fourth-order valence-electron chi connectivity index (χ4n) is 2.84. The highest BCUT2D eigenvalue weighted by Gasteiger charge is 2.26. The SMILES string of the molecule is CCNC(=O)[C@H](C)N(Cc1ccc(Cl)cc1Cl)C(=O)Cc1cccc(C)c1. The molecule has 0 aliphatic carbocycles. The van der Waals surface area contributed by atoms with E-state index in [2.05, 4.69) is 5.32 Å². The molecule has 1 N–H and O–H groups in total. The van der Waals surface area contributed by atoms with Crippen LogP contribution in [0, 0.1) is 6.92 Å². The van der Waals surface area contributed by atoms with Gasteiger partial charge in [-0.3, -0.25) is 9.59 Å². The molecule has 1 atom stereocenters. The van der Waals surface area contributed by atoms with Gasteiger partial charge in [-0.25, -0.2) is 0 Å². The predicted molar refractivity (Wildman–Crippen MR) is 110 cm³/mol. The first-order valence-electron chi connectivity index (χ1n) is 8.88. The van der Waals surface area contributed by atoms with Crippen LogP contribution in [-0.4, -0.2) is 29.3 Å². The molecule has 0 heterocycles. The van der Waals surface area contributed by atoms with Crippen molar-refractivity contribution in [2.24, 2.45) is 0 Å². The topological polar surface area (TPSA) is 49.4 Å². The number of benzene rings is 2. The number of hydrogen-bond donors (Lipinski definition) is 1. The zero-order chi connectivity index (χ0) is 20.0. The zero-order valence-corrected chi connectivity index (χ0v) is 17.3. The standard InChI is InChI=1S/C21H24Cl2N2O2/c1-4-24-21(27)15(3)25(13-17-8-9-18(22)12-19(17)23)20(26)11-16-7-5-6-14(2)10-16/h5-10,12,15H,4,11,13H2,1-3H3,(H,24,27)/t15-/m0/s1. The quantitative estimate of drug-likeness (QED) is 0.740. The molecule has 2 aromatic rings. The molecule has 0 saturated heterocycles. The summed E-state index contributed by atoms with van der Waals surface area (Å²) >= 11 is 12.2. The molecule has 6 heteroatoms. The van der Waals surface area contributed by atoms with Gasteiger partial charge in [-0.15, -0.1) is 0 Å². The number of carbonyl (C=O) groups excluding carboxylic acids is 2. The van der Waals surface area contributed by atoms with Crippen LogP contribution in [0.5, 0.6) is 0 Å². The molecule has 2 aromatic carbocycles. The Bertz CT molecular complexity index is 824. The molecule has 2 amide bonds. The summed E-state index contributed by atoms with van der Waals surface area (Å²) in [5.74, 6) is -0.328. The van der Waals surface area contributed by atoms with Crippen LogP contribution in [-0.2, 0) is 22.6 Å². The molecule has 0 aromatic heterocycles. The van der Waals surface area contributed by atoms with E-state index in [4.69, 9.17) is 23.2 Å². The van der Waals surface area contributed by atoms with Crippen LogP contribution in [0.15, 0.2) is 42.5 Å². The van der Waals surface area contributed by atoms with E-state index in [1.54, 1.807) is 30.0 Å². The van der Waals surface area contributed by atoms with Crippen molar-refractivity contribution < 1.29 is 9.59 Å². The number of likely N-dealkylation sites (N-methyl/N-ethyl adjacent to an activating group) is 1. The number of aryl methyl sites for hydroxylation is 1. The van der Waals surface area contributed by atoms with E-state index in [1.807, 2.05) is 38.1 Å². The van der Waals surface area contributed by atoms with Crippen molar-refractivity contribution in [3.05, 3.63) is 69.2 Å². The molecular weight excluding hydrogens is 383 g/mol. The van der Waals surface area contributed by atoms with E-state index in [0.717, 1.165) is 16.7 Å². The van der Waals surface area contributed by atoms with Crippen molar-refractivity contribution in [1.82, 2.24) is 10.2 Å². The van der Waals surface area contributed by atoms with Gasteiger partial charge in [0.15, 0.2) is 0 Å². The van der Waals surface area contributed by atoms with E-state index in [-0.39, 0.29) is 24.8 Å². The number of nitrogens with one attached hydrogen (secondary N) is 1. The summed E-state index contributed by atoms with van der Waals surface area (Å²) in [6.07, 6.45) is 0.219. The van der Waals surface area contributed by atoms with Crippen molar-refractivity contribution in [3.63, 3.8) is 0 Å². The number of nitrogens with zero attached hydrogens (tertiary/aromatic N) is 1. The number of halogens is 2. The largest absolute Gasteiger partial charge is 0.355 e. The van der Waals surface area contributed by atoms with Gasteiger partial charge in [0.05, 0.1) is 6.42 Å². The highest BCUT2D eigenvalue weighted by molar-refractivity contribution is 6.35. The lowest BCUT2D eigenvalue weighted by Crippen LogP contribution is -2.48. The molecule has 0 saturated carbocycles. The van der Waals surface area contributed by atoms with Gasteiger partial charge < -0.3 is 10.2 Å². The molecule has 0 aliphatic rings. The Morgan fingerprint density at radius 3 is 2.52 bits per heavy atom. The maximum absolute atomic E-state index is 13.0. The first kappa shape index (κ1) is 21.3. The average molecular weight is 407 g/mol. The first-order chi connectivity index (χ1) is 12.8. The lowest BCUT2D eigenvalue weighted by Gasteiger charge is -2.29. The molecule has 144 valence electrons. The summed E-state index contributed by atoms with van der Waals surface area (Å²) < 4.78 is 0. The van der Waals surface area contributed by atoms with E-state index < -0.39 is 6.04 Å². The molecule has 0 fully saturated rings. The van der Waals surface area contributed by atoms with Gasteiger partial charge in [-0.1, -0.05) is 59.1 Å². The van der Waals surface area contributed by atoms with Gasteiger partial charge >= 0.3 is 0 Å². The van der Waals surface area contributed by atoms with Crippen LogP contribution in [0.1, 0.15) is 30.5 Å². The van der Waals surface area contributed by atoms with Crippen molar-refractivity contribution in [3.8, 4) is 0 Å². The van der Waals surface area contributed by atoms with Gasteiger partial charge in [0.2, 0.25) is 11.8 Å². The summed E-state index contributed by atoms with van der Waals surface area (Å²) in [5.41, 5.74) is 2.74. The molecule has 27 heavy (non-hydrogen) atoms. The molecule has 0 unspecified atom stereocenters. The van der Waals surface area contributed by atoms with Crippen LogP contribution in [0.4, 0.5) is 0 Å². The van der Waals surface area contributed by atoms with Gasteiger partial charge in [0, 0.05) is 23.1 Å². The number of hydrogen-bond acceptors (Lipinski definition) is 2. The second kappa shape index (κ2) is 9.77.